The number of ether oxygens (including phenoxy) is 2. The van der Waals surface area contributed by atoms with Crippen LogP contribution >= 0.6 is 0 Å². The van der Waals surface area contributed by atoms with Crippen LogP contribution in [0.25, 0.3) is 0 Å². The largest absolute Gasteiger partial charge is 0.469 e. The van der Waals surface area contributed by atoms with Crippen LogP contribution < -0.4 is 0 Å². The highest BCUT2D eigenvalue weighted by Gasteiger charge is 2.12. The Morgan fingerprint density at radius 1 is 0.929 bits per heavy atom. The summed E-state index contributed by atoms with van der Waals surface area (Å²) in [5.74, 6) is -1.32. The van der Waals surface area contributed by atoms with Gasteiger partial charge in [0, 0.05) is 0 Å². The molecule has 0 aromatic rings. The van der Waals surface area contributed by atoms with Crippen molar-refractivity contribution in [1.82, 2.24) is 0 Å². The van der Waals surface area contributed by atoms with Gasteiger partial charge in [-0.1, -0.05) is 12.2 Å². The van der Waals surface area contributed by atoms with E-state index in [9.17, 15) is 9.59 Å². The number of carbonyl (C=O) groups excluding carboxylic acids is 2. The number of hydrogen-bond donors (Lipinski definition) is 0. The minimum Gasteiger partial charge on any atom is -0.469 e. The highest BCUT2D eigenvalue weighted by Crippen LogP contribution is 2.05. The van der Waals surface area contributed by atoms with Crippen LogP contribution in [-0.4, -0.2) is 26.2 Å². The molecular formula is C10H16O4. The van der Waals surface area contributed by atoms with Gasteiger partial charge < -0.3 is 9.47 Å². The van der Waals surface area contributed by atoms with E-state index in [-0.39, 0.29) is 23.8 Å². The lowest BCUT2D eigenvalue weighted by atomic mass is 10.1. The van der Waals surface area contributed by atoms with Gasteiger partial charge in [-0.2, -0.15) is 0 Å². The van der Waals surface area contributed by atoms with Crippen LogP contribution in [0.1, 0.15) is 13.8 Å². The number of carbonyl (C=O) groups is 2. The van der Waals surface area contributed by atoms with Gasteiger partial charge in [0.2, 0.25) is 0 Å². The summed E-state index contributed by atoms with van der Waals surface area (Å²) in [6, 6.07) is 0. The molecule has 4 heteroatoms. The average Bonchev–Trinajstić information content (AvgIpc) is 2.22. The molecule has 80 valence electrons. The Labute approximate surface area is 83.9 Å². The monoisotopic (exact) mass is 200 g/mol. The van der Waals surface area contributed by atoms with Gasteiger partial charge in [-0.3, -0.25) is 9.59 Å². The quantitative estimate of drug-likeness (QED) is 0.504. The zero-order chi connectivity index (χ0) is 11.1. The van der Waals surface area contributed by atoms with E-state index in [1.807, 2.05) is 0 Å². The highest BCUT2D eigenvalue weighted by atomic mass is 16.5. The molecule has 0 fully saturated rings. The van der Waals surface area contributed by atoms with Crippen molar-refractivity contribution in [2.75, 3.05) is 14.2 Å². The molecule has 0 N–H and O–H groups in total. The van der Waals surface area contributed by atoms with E-state index >= 15 is 0 Å². The van der Waals surface area contributed by atoms with Crippen molar-refractivity contribution in [2.45, 2.75) is 13.8 Å². The first-order valence-electron chi connectivity index (χ1n) is 4.37. The lowest BCUT2D eigenvalue weighted by molar-refractivity contribution is -0.144. The predicted molar refractivity (Wildman–Crippen MR) is 51.5 cm³/mol. The molecule has 0 aromatic carbocycles. The van der Waals surface area contributed by atoms with Crippen molar-refractivity contribution in [3.05, 3.63) is 12.2 Å². The summed E-state index contributed by atoms with van der Waals surface area (Å²) >= 11 is 0. The van der Waals surface area contributed by atoms with Crippen molar-refractivity contribution < 1.29 is 19.1 Å². The average molecular weight is 200 g/mol. The first kappa shape index (κ1) is 12.7. The third-order valence-corrected chi connectivity index (χ3v) is 1.83. The molecule has 0 aliphatic carbocycles. The van der Waals surface area contributed by atoms with Crippen LogP contribution in [0.5, 0.6) is 0 Å². The number of esters is 2. The fraction of sp³-hybridized carbons (Fsp3) is 0.600. The van der Waals surface area contributed by atoms with Crippen molar-refractivity contribution in [3.63, 3.8) is 0 Å². The van der Waals surface area contributed by atoms with Gasteiger partial charge >= 0.3 is 11.9 Å². The smallest absolute Gasteiger partial charge is 0.312 e. The summed E-state index contributed by atoms with van der Waals surface area (Å²) in [6.45, 7) is 3.40. The van der Waals surface area contributed by atoms with Gasteiger partial charge in [-0.25, -0.2) is 0 Å². The molecule has 0 aromatic heterocycles. The van der Waals surface area contributed by atoms with Gasteiger partial charge in [0.1, 0.15) is 0 Å². The molecule has 0 amide bonds. The number of rotatable bonds is 4. The first-order valence-corrected chi connectivity index (χ1v) is 4.37. The topological polar surface area (TPSA) is 52.6 Å². The molecule has 0 bridgehead atoms. The van der Waals surface area contributed by atoms with E-state index in [0.29, 0.717) is 0 Å². The Morgan fingerprint density at radius 2 is 1.21 bits per heavy atom. The van der Waals surface area contributed by atoms with E-state index in [2.05, 4.69) is 9.47 Å². The maximum absolute atomic E-state index is 11.0. The fourth-order valence-corrected chi connectivity index (χ4v) is 0.862. The Hall–Kier alpha value is -1.32. The van der Waals surface area contributed by atoms with Crippen molar-refractivity contribution >= 4 is 11.9 Å². The lowest BCUT2D eigenvalue weighted by Gasteiger charge is -2.05. The molecule has 0 aliphatic heterocycles. The minimum atomic E-state index is -0.341. The highest BCUT2D eigenvalue weighted by molar-refractivity contribution is 5.75. The van der Waals surface area contributed by atoms with Crippen LogP contribution in [-0.2, 0) is 19.1 Å². The second-order valence-electron chi connectivity index (χ2n) is 3.01. The van der Waals surface area contributed by atoms with Gasteiger partial charge in [0.25, 0.3) is 0 Å². The normalized spacial score (nSPS) is 14.9. The van der Waals surface area contributed by atoms with Gasteiger partial charge in [-0.15, -0.1) is 0 Å². The van der Waals surface area contributed by atoms with E-state index < -0.39 is 0 Å². The van der Waals surface area contributed by atoms with Crippen molar-refractivity contribution in [1.29, 1.82) is 0 Å². The molecule has 0 radical (unpaired) electrons. The first-order chi connectivity index (χ1) is 6.52. The molecule has 2 unspecified atom stereocenters. The maximum atomic E-state index is 11.0. The summed E-state index contributed by atoms with van der Waals surface area (Å²) in [4.78, 5) is 21.9. The van der Waals surface area contributed by atoms with Crippen LogP contribution in [0.4, 0.5) is 0 Å². The molecule has 4 nitrogen and oxygen atoms in total. The SMILES string of the molecule is COC(=O)C(C)/C=C/C(C)C(=O)OC. The second kappa shape index (κ2) is 6.18. The molecule has 14 heavy (non-hydrogen) atoms. The van der Waals surface area contributed by atoms with Gasteiger partial charge in [0.15, 0.2) is 0 Å². The van der Waals surface area contributed by atoms with Crippen LogP contribution in [0.2, 0.25) is 0 Å². The maximum Gasteiger partial charge on any atom is 0.312 e. The van der Waals surface area contributed by atoms with Crippen molar-refractivity contribution in [3.8, 4) is 0 Å². The third-order valence-electron chi connectivity index (χ3n) is 1.83. The van der Waals surface area contributed by atoms with E-state index in [1.165, 1.54) is 14.2 Å². The van der Waals surface area contributed by atoms with E-state index in [4.69, 9.17) is 0 Å². The van der Waals surface area contributed by atoms with Crippen LogP contribution in [0, 0.1) is 11.8 Å². The summed E-state index contributed by atoms with van der Waals surface area (Å²) in [5, 5.41) is 0. The lowest BCUT2D eigenvalue weighted by Crippen LogP contribution is -2.13. The molecular weight excluding hydrogens is 184 g/mol. The zero-order valence-electron chi connectivity index (χ0n) is 8.94. The summed E-state index contributed by atoms with van der Waals surface area (Å²) < 4.78 is 9.05. The molecule has 0 spiro atoms. The molecule has 0 saturated carbocycles. The molecule has 0 heterocycles. The number of hydrogen-bond acceptors (Lipinski definition) is 4. The minimum absolute atomic E-state index is 0.321. The Bertz CT molecular complexity index is 208. The predicted octanol–water partition coefficient (Wildman–Crippen LogP) is 1.16. The van der Waals surface area contributed by atoms with E-state index in [0.717, 1.165) is 0 Å². The van der Waals surface area contributed by atoms with E-state index in [1.54, 1.807) is 26.0 Å². The Kier molecular flexibility index (Phi) is 5.60. The number of methoxy groups -OCH3 is 2. The molecule has 0 aliphatic rings. The fourth-order valence-electron chi connectivity index (χ4n) is 0.862. The summed E-state index contributed by atoms with van der Waals surface area (Å²) in [6.07, 6.45) is 3.26. The zero-order valence-corrected chi connectivity index (χ0v) is 8.94. The standard InChI is InChI=1S/C10H16O4/c1-7(9(11)13-3)5-6-8(2)10(12)14-4/h5-8H,1-4H3/b6-5+. The van der Waals surface area contributed by atoms with Crippen LogP contribution in [0.3, 0.4) is 0 Å². The van der Waals surface area contributed by atoms with Crippen LogP contribution in [0.15, 0.2) is 12.2 Å². The van der Waals surface area contributed by atoms with Crippen molar-refractivity contribution in [2.24, 2.45) is 11.8 Å². The summed E-state index contributed by atoms with van der Waals surface area (Å²) in [7, 11) is 2.66. The Balaban J connectivity index is 4.16. The molecule has 2 atom stereocenters. The van der Waals surface area contributed by atoms with Gasteiger partial charge in [-0.05, 0) is 13.8 Å². The Morgan fingerprint density at radius 3 is 1.43 bits per heavy atom. The molecule has 0 rings (SSSR count). The van der Waals surface area contributed by atoms with Gasteiger partial charge in [0.05, 0.1) is 26.1 Å². The third kappa shape index (κ3) is 4.07. The molecule has 0 saturated heterocycles. The summed E-state index contributed by atoms with van der Waals surface area (Å²) in [5.41, 5.74) is 0. The second-order valence-corrected chi connectivity index (χ2v) is 3.01.